The van der Waals surface area contributed by atoms with Crippen molar-refractivity contribution in [3.05, 3.63) is 58.7 Å². The van der Waals surface area contributed by atoms with E-state index in [0.29, 0.717) is 11.5 Å². The van der Waals surface area contributed by atoms with Gasteiger partial charge in [-0.05, 0) is 62.8 Å². The Morgan fingerprint density at radius 2 is 1.82 bits per heavy atom. The van der Waals surface area contributed by atoms with Crippen molar-refractivity contribution in [2.45, 2.75) is 65.3 Å². The SMILES string of the molecule is CCn1c(-c2ccc(C)cc2C)c(C2CCCCC2)c2ccc(C(=O)O)cc21. The van der Waals surface area contributed by atoms with E-state index in [9.17, 15) is 9.90 Å². The van der Waals surface area contributed by atoms with E-state index in [2.05, 4.69) is 43.5 Å². The molecule has 0 spiro atoms. The maximum Gasteiger partial charge on any atom is 0.335 e. The minimum atomic E-state index is -0.863. The standard InChI is InChI=1S/C25H29NO2/c1-4-26-22-15-19(25(27)28)11-13-21(22)23(18-8-6-5-7-9-18)24(26)20-12-10-16(2)14-17(20)3/h10-15,18H,4-9H2,1-3H3,(H,27,28). The third kappa shape index (κ3) is 3.13. The monoisotopic (exact) mass is 375 g/mol. The average Bonchev–Trinajstić information content (AvgIpc) is 3.01. The third-order valence-electron chi connectivity index (χ3n) is 6.32. The lowest BCUT2D eigenvalue weighted by Crippen LogP contribution is -2.07. The van der Waals surface area contributed by atoms with Gasteiger partial charge in [0.05, 0.1) is 11.3 Å². The molecule has 0 radical (unpaired) electrons. The van der Waals surface area contributed by atoms with E-state index in [4.69, 9.17) is 0 Å². The highest BCUT2D eigenvalue weighted by atomic mass is 16.4. The van der Waals surface area contributed by atoms with Crippen LogP contribution < -0.4 is 0 Å². The predicted molar refractivity (Wildman–Crippen MR) is 115 cm³/mol. The molecule has 28 heavy (non-hydrogen) atoms. The summed E-state index contributed by atoms with van der Waals surface area (Å²) in [5, 5.41) is 10.7. The Labute approximate surface area is 167 Å². The van der Waals surface area contributed by atoms with Crippen molar-refractivity contribution in [3.8, 4) is 11.3 Å². The van der Waals surface area contributed by atoms with Crippen LogP contribution in [-0.4, -0.2) is 15.6 Å². The zero-order valence-corrected chi connectivity index (χ0v) is 17.1. The largest absolute Gasteiger partial charge is 0.478 e. The lowest BCUT2D eigenvalue weighted by Gasteiger charge is -2.24. The van der Waals surface area contributed by atoms with E-state index < -0.39 is 5.97 Å². The Morgan fingerprint density at radius 1 is 1.07 bits per heavy atom. The van der Waals surface area contributed by atoms with E-state index in [1.807, 2.05) is 12.1 Å². The topological polar surface area (TPSA) is 42.2 Å². The number of hydrogen-bond donors (Lipinski definition) is 1. The number of fused-ring (bicyclic) bond motifs is 1. The van der Waals surface area contributed by atoms with Crippen molar-refractivity contribution >= 4 is 16.9 Å². The fourth-order valence-corrected chi connectivity index (χ4v) is 5.01. The van der Waals surface area contributed by atoms with Gasteiger partial charge in [-0.15, -0.1) is 0 Å². The van der Waals surface area contributed by atoms with Crippen molar-refractivity contribution < 1.29 is 9.90 Å². The molecule has 0 amide bonds. The highest BCUT2D eigenvalue weighted by molar-refractivity contribution is 5.98. The number of hydrogen-bond acceptors (Lipinski definition) is 1. The van der Waals surface area contributed by atoms with Gasteiger partial charge >= 0.3 is 5.97 Å². The first-order chi connectivity index (χ1) is 13.5. The summed E-state index contributed by atoms with van der Waals surface area (Å²) in [6.45, 7) is 7.31. The maximum absolute atomic E-state index is 11.6. The van der Waals surface area contributed by atoms with Gasteiger partial charge in [0.15, 0.2) is 0 Å². The minimum absolute atomic E-state index is 0.363. The van der Waals surface area contributed by atoms with Gasteiger partial charge < -0.3 is 9.67 Å². The van der Waals surface area contributed by atoms with Crippen LogP contribution in [-0.2, 0) is 6.54 Å². The van der Waals surface area contributed by atoms with E-state index in [1.165, 1.54) is 65.4 Å². The quantitative estimate of drug-likeness (QED) is 0.552. The number of rotatable bonds is 4. The molecule has 0 atom stereocenters. The Kier molecular flexibility index (Phi) is 5.01. The summed E-state index contributed by atoms with van der Waals surface area (Å²) in [5.74, 6) is -0.312. The van der Waals surface area contributed by atoms with E-state index in [0.717, 1.165) is 12.1 Å². The molecule has 1 aromatic heterocycles. The molecule has 1 aliphatic rings. The fraction of sp³-hybridized carbons (Fsp3) is 0.400. The number of aromatic nitrogens is 1. The smallest absolute Gasteiger partial charge is 0.335 e. The predicted octanol–water partition coefficient (Wildman–Crippen LogP) is 6.69. The second-order valence-corrected chi connectivity index (χ2v) is 8.20. The summed E-state index contributed by atoms with van der Waals surface area (Å²) in [4.78, 5) is 11.6. The van der Waals surface area contributed by atoms with Crippen LogP contribution in [0.15, 0.2) is 36.4 Å². The molecule has 1 N–H and O–H groups in total. The molecule has 0 unspecified atom stereocenters. The van der Waals surface area contributed by atoms with Crippen LogP contribution in [0.1, 0.15) is 72.0 Å². The van der Waals surface area contributed by atoms with Crippen LogP contribution >= 0.6 is 0 Å². The Bertz CT molecular complexity index is 1040. The molecule has 3 aromatic rings. The number of nitrogens with zero attached hydrogens (tertiary/aromatic N) is 1. The summed E-state index contributed by atoms with van der Waals surface area (Å²) in [5.41, 5.74) is 7.98. The lowest BCUT2D eigenvalue weighted by atomic mass is 9.81. The molecule has 1 aliphatic carbocycles. The molecule has 1 heterocycles. The molecule has 146 valence electrons. The molecule has 3 heteroatoms. The van der Waals surface area contributed by atoms with Crippen molar-refractivity contribution in [3.63, 3.8) is 0 Å². The summed E-state index contributed by atoms with van der Waals surface area (Å²) < 4.78 is 2.34. The number of aromatic carboxylic acids is 1. The second-order valence-electron chi connectivity index (χ2n) is 8.20. The first kappa shape index (κ1) is 18.8. The summed E-state index contributed by atoms with van der Waals surface area (Å²) >= 11 is 0. The van der Waals surface area contributed by atoms with Crippen molar-refractivity contribution in [2.75, 3.05) is 0 Å². The van der Waals surface area contributed by atoms with Crippen LogP contribution in [0.25, 0.3) is 22.2 Å². The van der Waals surface area contributed by atoms with E-state index in [-0.39, 0.29) is 0 Å². The van der Waals surface area contributed by atoms with Crippen molar-refractivity contribution in [1.29, 1.82) is 0 Å². The van der Waals surface area contributed by atoms with Gasteiger partial charge in [0.1, 0.15) is 0 Å². The summed E-state index contributed by atoms with van der Waals surface area (Å²) in [7, 11) is 0. The second kappa shape index (κ2) is 7.46. The fourth-order valence-electron chi connectivity index (χ4n) is 5.01. The molecule has 2 aromatic carbocycles. The molecule has 0 saturated heterocycles. The zero-order chi connectivity index (χ0) is 19.8. The van der Waals surface area contributed by atoms with Gasteiger partial charge in [-0.1, -0.05) is 49.1 Å². The van der Waals surface area contributed by atoms with Gasteiger partial charge in [0.25, 0.3) is 0 Å². The molecule has 4 rings (SSSR count). The van der Waals surface area contributed by atoms with Gasteiger partial charge in [-0.2, -0.15) is 0 Å². The van der Waals surface area contributed by atoms with Gasteiger partial charge in [0.2, 0.25) is 0 Å². The van der Waals surface area contributed by atoms with E-state index in [1.54, 1.807) is 6.07 Å². The number of aryl methyl sites for hydroxylation is 3. The van der Waals surface area contributed by atoms with Crippen LogP contribution in [0.2, 0.25) is 0 Å². The average molecular weight is 376 g/mol. The van der Waals surface area contributed by atoms with Gasteiger partial charge in [-0.25, -0.2) is 4.79 Å². The zero-order valence-electron chi connectivity index (χ0n) is 17.1. The third-order valence-corrected chi connectivity index (χ3v) is 6.32. The molecular formula is C25H29NO2. The summed E-state index contributed by atoms with van der Waals surface area (Å²) in [6.07, 6.45) is 6.33. The normalized spacial score (nSPS) is 15.2. The number of carbonyl (C=O) groups is 1. The van der Waals surface area contributed by atoms with Gasteiger partial charge in [0, 0.05) is 23.0 Å². The lowest BCUT2D eigenvalue weighted by molar-refractivity contribution is 0.0697. The molecular weight excluding hydrogens is 346 g/mol. The summed E-state index contributed by atoms with van der Waals surface area (Å²) in [6, 6.07) is 12.4. The highest BCUT2D eigenvalue weighted by Gasteiger charge is 2.27. The van der Waals surface area contributed by atoms with Crippen LogP contribution in [0, 0.1) is 13.8 Å². The molecule has 0 aliphatic heterocycles. The Morgan fingerprint density at radius 3 is 2.46 bits per heavy atom. The molecule has 1 fully saturated rings. The Hall–Kier alpha value is -2.55. The minimum Gasteiger partial charge on any atom is -0.478 e. The van der Waals surface area contributed by atoms with E-state index >= 15 is 0 Å². The molecule has 0 bridgehead atoms. The first-order valence-electron chi connectivity index (χ1n) is 10.5. The number of carboxylic acid groups (broad SMARTS) is 1. The van der Waals surface area contributed by atoms with Crippen LogP contribution in [0.4, 0.5) is 0 Å². The van der Waals surface area contributed by atoms with Crippen molar-refractivity contribution in [2.24, 2.45) is 0 Å². The van der Waals surface area contributed by atoms with Crippen molar-refractivity contribution in [1.82, 2.24) is 4.57 Å². The molecule has 3 nitrogen and oxygen atoms in total. The maximum atomic E-state index is 11.6. The Balaban J connectivity index is 2.06. The number of carboxylic acids is 1. The van der Waals surface area contributed by atoms with Crippen LogP contribution in [0.3, 0.4) is 0 Å². The molecule has 1 saturated carbocycles. The highest BCUT2D eigenvalue weighted by Crippen LogP contribution is 2.45. The number of benzene rings is 2. The van der Waals surface area contributed by atoms with Gasteiger partial charge in [-0.3, -0.25) is 0 Å². The first-order valence-corrected chi connectivity index (χ1v) is 10.5. The van der Waals surface area contributed by atoms with Crippen LogP contribution in [0.5, 0.6) is 0 Å².